The molecular weight excluding hydrogens is 384 g/mol. The average molecular weight is 411 g/mol. The molecule has 2 N–H and O–H groups in total. The molecule has 6 nitrogen and oxygen atoms in total. The van der Waals surface area contributed by atoms with Gasteiger partial charge >= 0.3 is 0 Å². The molecule has 1 aromatic carbocycles. The van der Waals surface area contributed by atoms with Crippen molar-refractivity contribution in [2.24, 2.45) is 0 Å². The summed E-state index contributed by atoms with van der Waals surface area (Å²) in [7, 11) is 1.86. The van der Waals surface area contributed by atoms with Gasteiger partial charge in [0, 0.05) is 10.6 Å². The molecule has 7 heteroatoms. The Balaban J connectivity index is 1.47. The van der Waals surface area contributed by atoms with E-state index in [1.807, 2.05) is 44.0 Å². The summed E-state index contributed by atoms with van der Waals surface area (Å²) in [6.45, 7) is 4.60. The predicted octanol–water partition coefficient (Wildman–Crippen LogP) is 3.55. The minimum Gasteiger partial charge on any atom is -0.324 e. The number of amides is 1. The molecule has 0 saturated carbocycles. The second-order valence-corrected chi connectivity index (χ2v) is 8.97. The molecule has 152 valence electrons. The maximum absolute atomic E-state index is 12.7. The number of anilines is 1. The van der Waals surface area contributed by atoms with E-state index in [1.165, 1.54) is 16.9 Å². The van der Waals surface area contributed by atoms with Gasteiger partial charge in [-0.1, -0.05) is 18.2 Å². The van der Waals surface area contributed by atoms with Crippen LogP contribution in [0.1, 0.15) is 40.2 Å². The summed E-state index contributed by atoms with van der Waals surface area (Å²) < 4.78 is 0. The number of rotatable bonds is 5. The van der Waals surface area contributed by atoms with Gasteiger partial charge in [0.15, 0.2) is 0 Å². The number of hydrogen-bond donors (Lipinski definition) is 2. The fourth-order valence-electron chi connectivity index (χ4n) is 4.03. The quantitative estimate of drug-likeness (QED) is 0.674. The van der Waals surface area contributed by atoms with Crippen molar-refractivity contribution in [3.8, 4) is 0 Å². The number of carbonyl (C=O) groups is 1. The van der Waals surface area contributed by atoms with Gasteiger partial charge in [-0.25, -0.2) is 4.98 Å². The second kappa shape index (κ2) is 8.08. The predicted molar refractivity (Wildman–Crippen MR) is 118 cm³/mol. The first-order valence-corrected chi connectivity index (χ1v) is 10.8. The third kappa shape index (κ3) is 4.11. The number of benzene rings is 1. The molecular formula is C22H26N4O2S. The molecule has 0 bridgehead atoms. The number of nitrogens with zero attached hydrogens (tertiary/aromatic N) is 2. The Morgan fingerprint density at radius 1 is 1.24 bits per heavy atom. The van der Waals surface area contributed by atoms with E-state index in [1.54, 1.807) is 11.3 Å². The summed E-state index contributed by atoms with van der Waals surface area (Å²) in [6.07, 6.45) is 4.34. The van der Waals surface area contributed by atoms with Crippen molar-refractivity contribution in [1.29, 1.82) is 0 Å². The molecule has 0 atom stereocenters. The molecule has 2 aromatic heterocycles. The topological polar surface area (TPSA) is 78.1 Å². The molecule has 2 heterocycles. The molecule has 0 fully saturated rings. The first-order valence-electron chi connectivity index (χ1n) is 10.0. The number of aryl methyl sites for hydroxylation is 4. The Morgan fingerprint density at radius 2 is 1.97 bits per heavy atom. The molecule has 0 saturated heterocycles. The third-order valence-electron chi connectivity index (χ3n) is 5.45. The number of para-hydroxylation sites is 1. The van der Waals surface area contributed by atoms with Crippen LogP contribution in [0.3, 0.4) is 0 Å². The van der Waals surface area contributed by atoms with E-state index < -0.39 is 0 Å². The van der Waals surface area contributed by atoms with E-state index in [2.05, 4.69) is 10.3 Å². The fourth-order valence-corrected chi connectivity index (χ4v) is 5.31. The lowest BCUT2D eigenvalue weighted by molar-refractivity contribution is -0.117. The van der Waals surface area contributed by atoms with Gasteiger partial charge in [-0.05, 0) is 63.3 Å². The van der Waals surface area contributed by atoms with Crippen molar-refractivity contribution in [2.45, 2.75) is 46.1 Å². The number of thiophene rings is 1. The maximum atomic E-state index is 12.7. The van der Waals surface area contributed by atoms with Gasteiger partial charge < -0.3 is 10.3 Å². The number of aromatic nitrogens is 2. The van der Waals surface area contributed by atoms with Crippen molar-refractivity contribution in [3.05, 3.63) is 55.9 Å². The number of H-pyrrole nitrogens is 1. The highest BCUT2D eigenvalue weighted by Gasteiger charge is 2.20. The van der Waals surface area contributed by atoms with E-state index in [0.717, 1.165) is 46.3 Å². The Kier molecular flexibility index (Phi) is 5.52. The first kappa shape index (κ1) is 19.8. The zero-order valence-corrected chi connectivity index (χ0v) is 17.9. The minimum atomic E-state index is -0.0834. The Labute approximate surface area is 174 Å². The number of hydrogen-bond acceptors (Lipinski definition) is 5. The van der Waals surface area contributed by atoms with E-state index in [0.29, 0.717) is 12.4 Å². The zero-order chi connectivity index (χ0) is 20.5. The molecule has 1 aliphatic carbocycles. The van der Waals surface area contributed by atoms with Gasteiger partial charge in [0.1, 0.15) is 10.7 Å². The van der Waals surface area contributed by atoms with Crippen LogP contribution in [-0.4, -0.2) is 34.4 Å². The van der Waals surface area contributed by atoms with Gasteiger partial charge in [0.05, 0.1) is 18.5 Å². The highest BCUT2D eigenvalue weighted by molar-refractivity contribution is 7.18. The molecule has 4 rings (SSSR count). The van der Waals surface area contributed by atoms with Crippen LogP contribution in [0.4, 0.5) is 5.69 Å². The molecule has 0 radical (unpaired) electrons. The van der Waals surface area contributed by atoms with Crippen LogP contribution in [-0.2, 0) is 24.2 Å². The number of fused-ring (bicyclic) bond motifs is 3. The monoisotopic (exact) mass is 410 g/mol. The van der Waals surface area contributed by atoms with Crippen LogP contribution < -0.4 is 10.9 Å². The zero-order valence-electron chi connectivity index (χ0n) is 17.1. The van der Waals surface area contributed by atoms with Gasteiger partial charge in [0.25, 0.3) is 5.56 Å². The van der Waals surface area contributed by atoms with Gasteiger partial charge in [-0.2, -0.15) is 0 Å². The van der Waals surface area contributed by atoms with E-state index in [9.17, 15) is 9.59 Å². The molecule has 1 aliphatic rings. The lowest BCUT2D eigenvalue weighted by Crippen LogP contribution is -2.31. The summed E-state index contributed by atoms with van der Waals surface area (Å²) in [5.74, 6) is 0.517. The highest BCUT2D eigenvalue weighted by atomic mass is 32.1. The number of aromatic amines is 1. The van der Waals surface area contributed by atoms with Crippen LogP contribution in [0.2, 0.25) is 0 Å². The SMILES string of the molecule is Cc1cccc(C)c1NC(=O)CN(C)Cc1nc2sc3c(c2c(=O)[nH]1)CCCC3. The standard InChI is InChI=1S/C22H26N4O2S/c1-13-7-6-8-14(2)20(13)25-18(27)12-26(3)11-17-23-21(28)19-15-9-4-5-10-16(15)29-22(19)24-17/h6-8H,4-5,9-12H2,1-3H3,(H,25,27)(H,23,24,28). The maximum Gasteiger partial charge on any atom is 0.259 e. The smallest absolute Gasteiger partial charge is 0.259 e. The van der Waals surface area contributed by atoms with Gasteiger partial charge in [0.2, 0.25) is 5.91 Å². The molecule has 0 aliphatic heterocycles. The number of nitrogens with one attached hydrogen (secondary N) is 2. The third-order valence-corrected chi connectivity index (χ3v) is 6.64. The highest BCUT2D eigenvalue weighted by Crippen LogP contribution is 2.33. The minimum absolute atomic E-state index is 0.0576. The Bertz CT molecular complexity index is 1110. The van der Waals surface area contributed by atoms with Crippen molar-refractivity contribution in [3.63, 3.8) is 0 Å². The van der Waals surface area contributed by atoms with E-state index in [-0.39, 0.29) is 18.0 Å². The van der Waals surface area contributed by atoms with Crippen molar-refractivity contribution in [2.75, 3.05) is 18.9 Å². The fraction of sp³-hybridized carbons (Fsp3) is 0.409. The largest absolute Gasteiger partial charge is 0.324 e. The summed E-state index contributed by atoms with van der Waals surface area (Å²) in [4.78, 5) is 36.8. The lowest BCUT2D eigenvalue weighted by atomic mass is 9.97. The van der Waals surface area contributed by atoms with E-state index in [4.69, 9.17) is 4.98 Å². The Morgan fingerprint density at radius 3 is 2.72 bits per heavy atom. The molecule has 0 unspecified atom stereocenters. The normalized spacial score (nSPS) is 13.7. The number of carbonyl (C=O) groups excluding carboxylic acids is 1. The summed E-state index contributed by atoms with van der Waals surface area (Å²) in [5, 5.41) is 3.77. The van der Waals surface area contributed by atoms with Crippen LogP contribution in [0.5, 0.6) is 0 Å². The summed E-state index contributed by atoms with van der Waals surface area (Å²) in [5.41, 5.74) is 4.08. The van der Waals surface area contributed by atoms with Crippen molar-refractivity contribution < 1.29 is 4.79 Å². The van der Waals surface area contributed by atoms with Crippen LogP contribution >= 0.6 is 11.3 Å². The average Bonchev–Trinajstić information content (AvgIpc) is 3.03. The van der Waals surface area contributed by atoms with Crippen LogP contribution in [0, 0.1) is 13.8 Å². The van der Waals surface area contributed by atoms with Crippen molar-refractivity contribution in [1.82, 2.24) is 14.9 Å². The summed E-state index contributed by atoms with van der Waals surface area (Å²) >= 11 is 1.65. The molecule has 1 amide bonds. The van der Waals surface area contributed by atoms with Crippen LogP contribution in [0.15, 0.2) is 23.0 Å². The van der Waals surface area contributed by atoms with Crippen LogP contribution in [0.25, 0.3) is 10.2 Å². The Hall–Kier alpha value is -2.51. The van der Waals surface area contributed by atoms with Gasteiger partial charge in [-0.3, -0.25) is 14.5 Å². The molecule has 3 aromatic rings. The second-order valence-electron chi connectivity index (χ2n) is 7.89. The van der Waals surface area contributed by atoms with Crippen molar-refractivity contribution >= 4 is 33.1 Å². The summed E-state index contributed by atoms with van der Waals surface area (Å²) in [6, 6.07) is 5.95. The first-order chi connectivity index (χ1) is 13.9. The van der Waals surface area contributed by atoms with Gasteiger partial charge in [-0.15, -0.1) is 11.3 Å². The molecule has 29 heavy (non-hydrogen) atoms. The van der Waals surface area contributed by atoms with E-state index >= 15 is 0 Å². The number of likely N-dealkylation sites (N-methyl/N-ethyl adjacent to an activating group) is 1. The lowest BCUT2D eigenvalue weighted by Gasteiger charge is -2.17. The molecule has 0 spiro atoms.